The third-order valence-electron chi connectivity index (χ3n) is 4.29. The maximum absolute atomic E-state index is 10.6. The van der Waals surface area contributed by atoms with Crippen molar-refractivity contribution in [1.82, 2.24) is 0 Å². The van der Waals surface area contributed by atoms with Gasteiger partial charge in [-0.15, -0.1) is 0 Å². The maximum atomic E-state index is 10.6. The van der Waals surface area contributed by atoms with Crippen molar-refractivity contribution in [3.8, 4) is 0 Å². The van der Waals surface area contributed by atoms with Gasteiger partial charge in [0, 0.05) is 0 Å². The van der Waals surface area contributed by atoms with Gasteiger partial charge in [0.05, 0.1) is 5.60 Å². The van der Waals surface area contributed by atoms with E-state index in [0.29, 0.717) is 17.3 Å². The Morgan fingerprint density at radius 3 is 2.43 bits per heavy atom. The highest BCUT2D eigenvalue weighted by Crippen LogP contribution is 2.52. The van der Waals surface area contributed by atoms with Crippen LogP contribution in [0.15, 0.2) is 0 Å². The second-order valence-electron chi connectivity index (χ2n) is 6.57. The van der Waals surface area contributed by atoms with E-state index in [1.54, 1.807) is 0 Å². The zero-order valence-corrected chi connectivity index (χ0v) is 9.84. The van der Waals surface area contributed by atoms with Gasteiger partial charge < -0.3 is 5.11 Å². The van der Waals surface area contributed by atoms with Crippen molar-refractivity contribution in [3.63, 3.8) is 0 Å². The van der Waals surface area contributed by atoms with Gasteiger partial charge >= 0.3 is 0 Å². The second-order valence-corrected chi connectivity index (χ2v) is 6.57. The molecule has 0 aromatic carbocycles. The lowest BCUT2D eigenvalue weighted by Crippen LogP contribution is -2.42. The Balaban J connectivity index is 2.23. The van der Waals surface area contributed by atoms with Crippen LogP contribution in [0.1, 0.15) is 59.3 Å². The number of fused-ring (bicyclic) bond motifs is 2. The van der Waals surface area contributed by atoms with E-state index in [1.807, 2.05) is 0 Å². The van der Waals surface area contributed by atoms with E-state index in [4.69, 9.17) is 0 Å². The standard InChI is InChI=1S/C13H24O/c1-10-4-5-12(3)6-11(2)8-13(14,7-10)9-12/h10-11,14H,4-9H2,1-3H3. The Bertz CT molecular complexity index is 225. The van der Waals surface area contributed by atoms with Gasteiger partial charge in [-0.05, 0) is 49.4 Å². The van der Waals surface area contributed by atoms with E-state index in [0.717, 1.165) is 19.3 Å². The normalized spacial score (nSPS) is 54.0. The fourth-order valence-electron chi connectivity index (χ4n) is 4.19. The third kappa shape index (κ3) is 1.98. The summed E-state index contributed by atoms with van der Waals surface area (Å²) < 4.78 is 0. The molecular weight excluding hydrogens is 172 g/mol. The molecule has 2 aliphatic rings. The quantitative estimate of drug-likeness (QED) is 0.630. The molecule has 0 aromatic heterocycles. The largest absolute Gasteiger partial charge is 0.390 e. The smallest absolute Gasteiger partial charge is 0.0658 e. The average molecular weight is 196 g/mol. The molecule has 0 spiro atoms. The molecule has 14 heavy (non-hydrogen) atoms. The minimum absolute atomic E-state index is 0.331. The molecule has 0 radical (unpaired) electrons. The van der Waals surface area contributed by atoms with Crippen LogP contribution in [0.25, 0.3) is 0 Å². The predicted octanol–water partition coefficient (Wildman–Crippen LogP) is 3.36. The Hall–Kier alpha value is -0.0400. The van der Waals surface area contributed by atoms with Crippen molar-refractivity contribution in [2.75, 3.05) is 0 Å². The summed E-state index contributed by atoms with van der Waals surface area (Å²) in [7, 11) is 0. The van der Waals surface area contributed by atoms with Crippen molar-refractivity contribution in [2.24, 2.45) is 17.3 Å². The summed E-state index contributed by atoms with van der Waals surface area (Å²) >= 11 is 0. The van der Waals surface area contributed by atoms with Crippen molar-refractivity contribution >= 4 is 0 Å². The van der Waals surface area contributed by atoms with Crippen LogP contribution in [0, 0.1) is 17.3 Å². The fraction of sp³-hybridized carbons (Fsp3) is 1.00. The van der Waals surface area contributed by atoms with Gasteiger partial charge in [0.2, 0.25) is 0 Å². The Kier molecular flexibility index (Phi) is 2.42. The van der Waals surface area contributed by atoms with E-state index in [1.165, 1.54) is 19.3 Å². The highest BCUT2D eigenvalue weighted by Gasteiger charge is 2.46. The van der Waals surface area contributed by atoms with Crippen LogP contribution >= 0.6 is 0 Å². The predicted molar refractivity (Wildman–Crippen MR) is 59.1 cm³/mol. The van der Waals surface area contributed by atoms with E-state index in [9.17, 15) is 5.11 Å². The molecule has 0 heterocycles. The van der Waals surface area contributed by atoms with E-state index < -0.39 is 0 Å². The molecule has 0 aliphatic heterocycles. The van der Waals surface area contributed by atoms with Crippen LogP contribution < -0.4 is 0 Å². The first-order valence-corrected chi connectivity index (χ1v) is 6.13. The first-order chi connectivity index (χ1) is 6.41. The Labute approximate surface area is 87.9 Å². The van der Waals surface area contributed by atoms with Crippen LogP contribution in [0.3, 0.4) is 0 Å². The summed E-state index contributed by atoms with van der Waals surface area (Å²) in [6.07, 6.45) is 7.07. The van der Waals surface area contributed by atoms with Gasteiger partial charge in [0.25, 0.3) is 0 Å². The molecule has 2 fully saturated rings. The van der Waals surface area contributed by atoms with Gasteiger partial charge in [-0.25, -0.2) is 0 Å². The lowest BCUT2D eigenvalue weighted by molar-refractivity contribution is -0.0648. The highest BCUT2D eigenvalue weighted by atomic mass is 16.3. The average Bonchev–Trinajstić information content (AvgIpc) is 2.03. The fourth-order valence-corrected chi connectivity index (χ4v) is 4.19. The molecule has 2 saturated carbocycles. The minimum atomic E-state index is -0.331. The van der Waals surface area contributed by atoms with E-state index in [2.05, 4.69) is 20.8 Å². The van der Waals surface area contributed by atoms with Crippen LogP contribution in [0.2, 0.25) is 0 Å². The van der Waals surface area contributed by atoms with Gasteiger partial charge in [-0.3, -0.25) is 0 Å². The molecule has 0 aromatic rings. The van der Waals surface area contributed by atoms with E-state index >= 15 is 0 Å². The molecule has 2 rings (SSSR count). The number of hydrogen-bond acceptors (Lipinski definition) is 1. The molecule has 4 atom stereocenters. The molecule has 1 N–H and O–H groups in total. The van der Waals surface area contributed by atoms with Gasteiger partial charge in [0.15, 0.2) is 0 Å². The summed E-state index contributed by atoms with van der Waals surface area (Å²) in [5.74, 6) is 1.43. The van der Waals surface area contributed by atoms with Crippen molar-refractivity contribution in [3.05, 3.63) is 0 Å². The third-order valence-corrected chi connectivity index (χ3v) is 4.29. The topological polar surface area (TPSA) is 20.2 Å². The second kappa shape index (κ2) is 3.23. The number of aliphatic hydroxyl groups is 1. The molecule has 0 saturated heterocycles. The Morgan fingerprint density at radius 2 is 1.71 bits per heavy atom. The molecule has 2 bridgehead atoms. The lowest BCUT2D eigenvalue weighted by Gasteiger charge is -2.44. The maximum Gasteiger partial charge on any atom is 0.0658 e. The molecule has 1 heteroatoms. The number of rotatable bonds is 0. The van der Waals surface area contributed by atoms with Crippen LogP contribution in [-0.2, 0) is 0 Å². The first-order valence-electron chi connectivity index (χ1n) is 6.13. The molecule has 82 valence electrons. The molecule has 0 amide bonds. The molecule has 2 aliphatic carbocycles. The van der Waals surface area contributed by atoms with Gasteiger partial charge in [-0.2, -0.15) is 0 Å². The molecule has 1 nitrogen and oxygen atoms in total. The Morgan fingerprint density at radius 1 is 1.07 bits per heavy atom. The summed E-state index contributed by atoms with van der Waals surface area (Å²) in [4.78, 5) is 0. The summed E-state index contributed by atoms with van der Waals surface area (Å²) in [5.41, 5.74) is 0.0967. The summed E-state index contributed by atoms with van der Waals surface area (Å²) in [6.45, 7) is 6.98. The monoisotopic (exact) mass is 196 g/mol. The summed E-state index contributed by atoms with van der Waals surface area (Å²) in [5, 5.41) is 10.6. The zero-order valence-electron chi connectivity index (χ0n) is 9.84. The van der Waals surface area contributed by atoms with Crippen molar-refractivity contribution < 1.29 is 5.11 Å². The SMILES string of the molecule is CC1CCC2(C)CC(C)CC(O)(C1)C2. The summed E-state index contributed by atoms with van der Waals surface area (Å²) in [6, 6.07) is 0. The van der Waals surface area contributed by atoms with Gasteiger partial charge in [-0.1, -0.05) is 27.2 Å². The number of hydrogen-bond donors (Lipinski definition) is 1. The van der Waals surface area contributed by atoms with Crippen LogP contribution in [-0.4, -0.2) is 10.7 Å². The van der Waals surface area contributed by atoms with Crippen molar-refractivity contribution in [2.45, 2.75) is 64.9 Å². The molecular formula is C13H24O. The van der Waals surface area contributed by atoms with Crippen molar-refractivity contribution in [1.29, 1.82) is 0 Å². The van der Waals surface area contributed by atoms with E-state index in [-0.39, 0.29) is 5.60 Å². The first kappa shape index (κ1) is 10.5. The highest BCUT2D eigenvalue weighted by molar-refractivity contribution is 4.98. The lowest BCUT2D eigenvalue weighted by atomic mass is 9.64. The van der Waals surface area contributed by atoms with Gasteiger partial charge in [0.1, 0.15) is 0 Å². The molecule has 4 unspecified atom stereocenters. The minimum Gasteiger partial charge on any atom is -0.390 e. The van der Waals surface area contributed by atoms with Crippen LogP contribution in [0.4, 0.5) is 0 Å². The van der Waals surface area contributed by atoms with Crippen LogP contribution in [0.5, 0.6) is 0 Å². The zero-order chi connectivity index (χ0) is 10.4.